The minimum atomic E-state index is -4.81. The van der Waals surface area contributed by atoms with Crippen molar-refractivity contribution >= 4 is 21.9 Å². The number of hydrogen-bond donors (Lipinski definition) is 0. The average molecular weight is 395 g/mol. The quantitative estimate of drug-likeness (QED) is 0.516. The molecule has 0 aliphatic heterocycles. The fraction of sp³-hybridized carbons (Fsp3) is 0.133. The Labute approximate surface area is 136 Å². The summed E-state index contributed by atoms with van der Waals surface area (Å²) in [6.07, 6.45) is -9.02. The van der Waals surface area contributed by atoms with Crippen molar-refractivity contribution in [2.45, 2.75) is 12.3 Å². The standard InChI is InChI=1S/C15H8BrF5O2/c16-12-7-10(14(17,18)19)6-11(8-12)15(20,21)23-13(22)9-4-2-1-3-5-9/h1-8H. The summed E-state index contributed by atoms with van der Waals surface area (Å²) in [6, 6.07) is 8.60. The van der Waals surface area contributed by atoms with Gasteiger partial charge in [0.15, 0.2) is 0 Å². The van der Waals surface area contributed by atoms with Crippen LogP contribution in [-0.4, -0.2) is 5.97 Å². The Morgan fingerprint density at radius 1 is 0.913 bits per heavy atom. The van der Waals surface area contributed by atoms with Crippen molar-refractivity contribution in [2.75, 3.05) is 0 Å². The number of halogens is 6. The first-order valence-corrected chi connectivity index (χ1v) is 6.93. The van der Waals surface area contributed by atoms with Crippen LogP contribution in [0, 0.1) is 0 Å². The fourth-order valence-corrected chi connectivity index (χ4v) is 2.22. The number of hydrogen-bond acceptors (Lipinski definition) is 2. The highest BCUT2D eigenvalue weighted by molar-refractivity contribution is 9.10. The lowest BCUT2D eigenvalue weighted by atomic mass is 10.1. The average Bonchev–Trinajstić information content (AvgIpc) is 2.46. The molecule has 0 aliphatic rings. The van der Waals surface area contributed by atoms with Crippen LogP contribution in [0.2, 0.25) is 0 Å². The number of carbonyl (C=O) groups is 1. The monoisotopic (exact) mass is 394 g/mol. The maximum absolute atomic E-state index is 14.0. The van der Waals surface area contributed by atoms with Gasteiger partial charge in [0.25, 0.3) is 0 Å². The van der Waals surface area contributed by atoms with Crippen LogP contribution in [0.3, 0.4) is 0 Å². The van der Waals surface area contributed by atoms with Gasteiger partial charge in [-0.3, -0.25) is 0 Å². The number of ether oxygens (including phenoxy) is 1. The number of benzene rings is 2. The Morgan fingerprint density at radius 2 is 1.48 bits per heavy atom. The highest BCUT2D eigenvalue weighted by atomic mass is 79.9. The van der Waals surface area contributed by atoms with E-state index in [1.165, 1.54) is 24.3 Å². The summed E-state index contributed by atoms with van der Waals surface area (Å²) >= 11 is 2.74. The molecule has 0 spiro atoms. The van der Waals surface area contributed by atoms with E-state index in [9.17, 15) is 26.7 Å². The zero-order chi connectivity index (χ0) is 17.3. The van der Waals surface area contributed by atoms with Crippen LogP contribution in [0.4, 0.5) is 22.0 Å². The van der Waals surface area contributed by atoms with E-state index in [0.29, 0.717) is 6.07 Å². The minimum absolute atomic E-state index is 0.141. The first-order chi connectivity index (χ1) is 10.6. The van der Waals surface area contributed by atoms with E-state index in [1.54, 1.807) is 6.07 Å². The summed E-state index contributed by atoms with van der Waals surface area (Å²) in [5.41, 5.74) is -2.50. The Morgan fingerprint density at radius 3 is 2.04 bits per heavy atom. The second-order valence-corrected chi connectivity index (χ2v) is 5.41. The van der Waals surface area contributed by atoms with Gasteiger partial charge in [0.05, 0.1) is 16.7 Å². The molecule has 0 amide bonds. The summed E-state index contributed by atoms with van der Waals surface area (Å²) in [4.78, 5) is 11.7. The highest BCUT2D eigenvalue weighted by Gasteiger charge is 2.40. The largest absolute Gasteiger partial charge is 0.428 e. The molecule has 0 fully saturated rings. The van der Waals surface area contributed by atoms with Gasteiger partial charge in [-0.25, -0.2) is 4.79 Å². The Hall–Kier alpha value is -1.96. The van der Waals surface area contributed by atoms with E-state index in [-0.39, 0.29) is 16.1 Å². The molecule has 0 N–H and O–H groups in total. The molecule has 2 rings (SSSR count). The van der Waals surface area contributed by atoms with Crippen LogP contribution in [0.5, 0.6) is 0 Å². The molecule has 0 saturated carbocycles. The molecular weight excluding hydrogens is 387 g/mol. The molecule has 0 saturated heterocycles. The van der Waals surface area contributed by atoms with Crippen molar-refractivity contribution in [1.82, 2.24) is 0 Å². The molecule has 122 valence electrons. The number of carbonyl (C=O) groups excluding carboxylic acids is 1. The van der Waals surface area contributed by atoms with Crippen LogP contribution in [0.1, 0.15) is 21.5 Å². The maximum atomic E-state index is 14.0. The lowest BCUT2D eigenvalue weighted by molar-refractivity contribution is -0.210. The first kappa shape index (κ1) is 17.4. The van der Waals surface area contributed by atoms with E-state index in [4.69, 9.17) is 0 Å². The Kier molecular flexibility index (Phi) is 4.74. The molecule has 0 bridgehead atoms. The third kappa shape index (κ3) is 4.28. The third-order valence-corrected chi connectivity index (χ3v) is 3.25. The maximum Gasteiger partial charge on any atom is 0.428 e. The summed E-state index contributed by atoms with van der Waals surface area (Å²) in [6.45, 7) is 0. The van der Waals surface area contributed by atoms with E-state index in [0.717, 1.165) is 6.07 Å². The van der Waals surface area contributed by atoms with Crippen molar-refractivity contribution in [3.8, 4) is 0 Å². The third-order valence-electron chi connectivity index (χ3n) is 2.79. The summed E-state index contributed by atoms with van der Waals surface area (Å²) in [5, 5.41) is 0. The van der Waals surface area contributed by atoms with Crippen molar-refractivity contribution < 1.29 is 31.5 Å². The SMILES string of the molecule is O=C(OC(F)(F)c1cc(Br)cc(C(F)(F)F)c1)c1ccccc1. The fourth-order valence-electron chi connectivity index (χ4n) is 1.73. The van der Waals surface area contributed by atoms with E-state index >= 15 is 0 Å². The minimum Gasteiger partial charge on any atom is -0.393 e. The highest BCUT2D eigenvalue weighted by Crippen LogP contribution is 2.37. The van der Waals surface area contributed by atoms with Gasteiger partial charge < -0.3 is 4.74 Å². The van der Waals surface area contributed by atoms with Crippen molar-refractivity contribution in [3.05, 3.63) is 69.7 Å². The Bertz CT molecular complexity index is 714. The molecule has 2 aromatic rings. The molecule has 0 atom stereocenters. The summed E-state index contributed by atoms with van der Waals surface area (Å²) < 4.78 is 69.9. The van der Waals surface area contributed by atoms with Gasteiger partial charge in [0.2, 0.25) is 0 Å². The van der Waals surface area contributed by atoms with Gasteiger partial charge in [0, 0.05) is 4.47 Å². The van der Waals surface area contributed by atoms with Crippen LogP contribution >= 0.6 is 15.9 Å². The Balaban J connectivity index is 2.32. The van der Waals surface area contributed by atoms with Crippen molar-refractivity contribution in [1.29, 1.82) is 0 Å². The molecule has 0 aliphatic carbocycles. The molecule has 8 heteroatoms. The normalized spacial score (nSPS) is 12.1. The predicted molar refractivity (Wildman–Crippen MR) is 74.9 cm³/mol. The molecule has 0 heterocycles. The molecule has 23 heavy (non-hydrogen) atoms. The van der Waals surface area contributed by atoms with Gasteiger partial charge in [-0.1, -0.05) is 34.1 Å². The molecule has 0 unspecified atom stereocenters. The molecule has 0 radical (unpaired) electrons. The van der Waals surface area contributed by atoms with Crippen molar-refractivity contribution in [2.24, 2.45) is 0 Å². The first-order valence-electron chi connectivity index (χ1n) is 6.14. The molecule has 0 aromatic heterocycles. The van der Waals surface area contributed by atoms with Crippen LogP contribution in [0.25, 0.3) is 0 Å². The summed E-state index contributed by atoms with van der Waals surface area (Å²) in [7, 11) is 0. The van der Waals surface area contributed by atoms with Gasteiger partial charge in [0.1, 0.15) is 0 Å². The smallest absolute Gasteiger partial charge is 0.393 e. The second kappa shape index (κ2) is 6.27. The zero-order valence-corrected chi connectivity index (χ0v) is 12.8. The van der Waals surface area contributed by atoms with Gasteiger partial charge in [-0.15, -0.1) is 0 Å². The predicted octanol–water partition coefficient (Wildman–Crippen LogP) is 5.37. The van der Waals surface area contributed by atoms with E-state index in [1.807, 2.05) is 0 Å². The van der Waals surface area contributed by atoms with Crippen LogP contribution < -0.4 is 0 Å². The van der Waals surface area contributed by atoms with Gasteiger partial charge in [-0.2, -0.15) is 22.0 Å². The van der Waals surface area contributed by atoms with Crippen LogP contribution in [-0.2, 0) is 17.0 Å². The van der Waals surface area contributed by atoms with E-state index < -0.39 is 29.4 Å². The van der Waals surface area contributed by atoms with Crippen molar-refractivity contribution in [3.63, 3.8) is 0 Å². The second-order valence-electron chi connectivity index (χ2n) is 4.50. The van der Waals surface area contributed by atoms with Gasteiger partial charge in [-0.05, 0) is 30.3 Å². The number of alkyl halides is 5. The lowest BCUT2D eigenvalue weighted by Crippen LogP contribution is -2.23. The molecular formula is C15H8BrF5O2. The lowest BCUT2D eigenvalue weighted by Gasteiger charge is -2.18. The number of esters is 1. The molecule has 2 nitrogen and oxygen atoms in total. The van der Waals surface area contributed by atoms with Gasteiger partial charge >= 0.3 is 18.3 Å². The topological polar surface area (TPSA) is 26.3 Å². The van der Waals surface area contributed by atoms with E-state index in [2.05, 4.69) is 20.7 Å². The zero-order valence-electron chi connectivity index (χ0n) is 11.2. The van der Waals surface area contributed by atoms with Crippen LogP contribution in [0.15, 0.2) is 53.0 Å². The number of rotatable bonds is 3. The summed E-state index contributed by atoms with van der Waals surface area (Å²) in [5.74, 6) is -1.34. The molecule has 2 aromatic carbocycles.